The number of rotatable bonds is 6. The topological polar surface area (TPSA) is 75.0 Å². The quantitative estimate of drug-likeness (QED) is 0.285. The fourth-order valence-corrected chi connectivity index (χ4v) is 3.63. The van der Waals surface area contributed by atoms with Gasteiger partial charge in [0, 0.05) is 39.9 Å². The Morgan fingerprint density at radius 3 is 2.48 bits per heavy atom. The summed E-state index contributed by atoms with van der Waals surface area (Å²) in [6.45, 7) is 2.73. The molecule has 1 saturated heterocycles. The van der Waals surface area contributed by atoms with Gasteiger partial charge in [-0.05, 0) is 23.3 Å². The Morgan fingerprint density at radius 1 is 1.09 bits per heavy atom. The lowest BCUT2D eigenvalue weighted by Crippen LogP contribution is -2.55. The van der Waals surface area contributed by atoms with Gasteiger partial charge in [0.2, 0.25) is 5.91 Å². The van der Waals surface area contributed by atoms with Crippen molar-refractivity contribution in [3.8, 4) is 5.75 Å². The van der Waals surface area contributed by atoms with Gasteiger partial charge >= 0.3 is 0 Å². The number of carbonyl (C=O) groups is 1. The number of hydrogen-bond donors (Lipinski definition) is 1. The Labute approximate surface area is 211 Å². The van der Waals surface area contributed by atoms with Gasteiger partial charge in [0.25, 0.3) is 0 Å². The van der Waals surface area contributed by atoms with Crippen molar-refractivity contribution < 1.29 is 9.53 Å². The van der Waals surface area contributed by atoms with E-state index in [4.69, 9.17) is 4.74 Å². The standard InChI is InChI=1S/C24H28N6O2.HI/c1-25-24(29-12-13-30(23(31)17-29)21-15-27-28(2)16-21)26-14-19-8-10-22(11-9-19)32-18-20-6-4-3-5-7-20;/h3-11,15-16H,12-14,17-18H2,1-2H3,(H,25,26);1H. The predicted molar refractivity (Wildman–Crippen MR) is 140 cm³/mol. The molecule has 1 amide bonds. The third kappa shape index (κ3) is 6.47. The first-order valence-electron chi connectivity index (χ1n) is 10.6. The van der Waals surface area contributed by atoms with Crippen LogP contribution in [0.3, 0.4) is 0 Å². The van der Waals surface area contributed by atoms with Crippen LogP contribution in [0.4, 0.5) is 5.69 Å². The largest absolute Gasteiger partial charge is 0.489 e. The summed E-state index contributed by atoms with van der Waals surface area (Å²) in [5.74, 6) is 1.58. The summed E-state index contributed by atoms with van der Waals surface area (Å²) >= 11 is 0. The molecule has 3 aromatic rings. The second-order valence-electron chi connectivity index (χ2n) is 7.66. The first-order valence-corrected chi connectivity index (χ1v) is 10.6. The van der Waals surface area contributed by atoms with Crippen LogP contribution in [0.1, 0.15) is 11.1 Å². The number of nitrogens with one attached hydrogen (secondary N) is 1. The average Bonchev–Trinajstić information content (AvgIpc) is 3.25. The number of amides is 1. The lowest BCUT2D eigenvalue weighted by molar-refractivity contribution is -0.120. The Kier molecular flexibility index (Phi) is 8.70. The number of anilines is 1. The number of ether oxygens (including phenoxy) is 1. The van der Waals surface area contributed by atoms with Gasteiger partial charge in [-0.25, -0.2) is 0 Å². The Bertz CT molecular complexity index is 1070. The van der Waals surface area contributed by atoms with E-state index in [1.165, 1.54) is 0 Å². The highest BCUT2D eigenvalue weighted by Crippen LogP contribution is 2.17. The molecule has 1 aromatic heterocycles. The monoisotopic (exact) mass is 560 g/mol. The average molecular weight is 560 g/mol. The first-order chi connectivity index (χ1) is 15.6. The van der Waals surface area contributed by atoms with Crippen LogP contribution in [0.15, 0.2) is 72.0 Å². The molecule has 0 radical (unpaired) electrons. The van der Waals surface area contributed by atoms with Crippen molar-refractivity contribution in [3.05, 3.63) is 78.1 Å². The molecule has 8 nitrogen and oxygen atoms in total. The van der Waals surface area contributed by atoms with Crippen molar-refractivity contribution >= 4 is 41.5 Å². The summed E-state index contributed by atoms with van der Waals surface area (Å²) in [5, 5.41) is 7.52. The highest BCUT2D eigenvalue weighted by atomic mass is 127. The summed E-state index contributed by atoms with van der Waals surface area (Å²) < 4.78 is 7.55. The van der Waals surface area contributed by atoms with Gasteiger partial charge in [-0.3, -0.25) is 14.5 Å². The van der Waals surface area contributed by atoms with Gasteiger partial charge in [-0.1, -0.05) is 42.5 Å². The maximum atomic E-state index is 12.7. The fourth-order valence-electron chi connectivity index (χ4n) is 3.63. The Balaban J connectivity index is 0.00000306. The lowest BCUT2D eigenvalue weighted by Gasteiger charge is -2.35. The van der Waals surface area contributed by atoms with Crippen LogP contribution in [0, 0.1) is 0 Å². The Hall–Kier alpha value is -3.08. The van der Waals surface area contributed by atoms with Crippen molar-refractivity contribution in [2.45, 2.75) is 13.2 Å². The third-order valence-electron chi connectivity index (χ3n) is 5.36. The fraction of sp³-hybridized carbons (Fsp3) is 0.292. The first kappa shape index (κ1) is 24.6. The van der Waals surface area contributed by atoms with Crippen LogP contribution in [-0.2, 0) is 25.0 Å². The van der Waals surface area contributed by atoms with Gasteiger partial charge in [0.1, 0.15) is 18.9 Å². The van der Waals surface area contributed by atoms with Crippen LogP contribution in [0.2, 0.25) is 0 Å². The Morgan fingerprint density at radius 2 is 1.85 bits per heavy atom. The minimum atomic E-state index is 0. The highest BCUT2D eigenvalue weighted by Gasteiger charge is 2.27. The van der Waals surface area contributed by atoms with E-state index >= 15 is 0 Å². The molecule has 0 unspecified atom stereocenters. The summed E-state index contributed by atoms with van der Waals surface area (Å²) in [4.78, 5) is 20.8. The molecule has 4 rings (SSSR count). The molecule has 0 aliphatic carbocycles. The zero-order valence-corrected chi connectivity index (χ0v) is 21.2. The van der Waals surface area contributed by atoms with Crippen LogP contribution in [0.25, 0.3) is 0 Å². The summed E-state index contributed by atoms with van der Waals surface area (Å²) in [6.07, 6.45) is 3.57. The number of aryl methyl sites for hydroxylation is 1. The van der Waals surface area contributed by atoms with Crippen molar-refractivity contribution in [1.82, 2.24) is 20.0 Å². The van der Waals surface area contributed by atoms with Crippen molar-refractivity contribution in [1.29, 1.82) is 0 Å². The van der Waals surface area contributed by atoms with Crippen molar-refractivity contribution in [2.24, 2.45) is 12.0 Å². The SMILES string of the molecule is CN=C(NCc1ccc(OCc2ccccc2)cc1)N1CCN(c2cnn(C)c2)C(=O)C1.I. The molecule has 174 valence electrons. The molecule has 33 heavy (non-hydrogen) atoms. The second-order valence-corrected chi connectivity index (χ2v) is 7.66. The van der Waals surface area contributed by atoms with Gasteiger partial charge in [0.05, 0.1) is 11.9 Å². The lowest BCUT2D eigenvalue weighted by atomic mass is 10.2. The zero-order valence-electron chi connectivity index (χ0n) is 18.8. The van der Waals surface area contributed by atoms with E-state index in [0.717, 1.165) is 22.6 Å². The van der Waals surface area contributed by atoms with Gasteiger partial charge in [-0.15, -0.1) is 24.0 Å². The molecule has 9 heteroatoms. The minimum Gasteiger partial charge on any atom is -0.489 e. The van der Waals surface area contributed by atoms with Crippen molar-refractivity contribution in [2.75, 3.05) is 31.6 Å². The van der Waals surface area contributed by atoms with E-state index < -0.39 is 0 Å². The number of nitrogens with zero attached hydrogens (tertiary/aromatic N) is 5. The predicted octanol–water partition coefficient (Wildman–Crippen LogP) is 3.04. The molecule has 0 atom stereocenters. The normalized spacial score (nSPS) is 14.1. The molecule has 0 saturated carbocycles. The molecular formula is C24H29IN6O2. The molecule has 1 aliphatic rings. The number of aliphatic imine (C=N–C) groups is 1. The summed E-state index contributed by atoms with van der Waals surface area (Å²) in [7, 11) is 3.58. The molecule has 1 aliphatic heterocycles. The molecule has 1 N–H and O–H groups in total. The minimum absolute atomic E-state index is 0. The number of piperazine rings is 1. The van der Waals surface area contributed by atoms with E-state index in [2.05, 4.69) is 15.4 Å². The number of hydrogen-bond acceptors (Lipinski definition) is 4. The zero-order chi connectivity index (χ0) is 22.3. The number of guanidine groups is 1. The van der Waals surface area contributed by atoms with Crippen molar-refractivity contribution in [3.63, 3.8) is 0 Å². The van der Waals surface area contributed by atoms with E-state index in [1.807, 2.05) is 72.7 Å². The van der Waals surface area contributed by atoms with Crippen LogP contribution in [0.5, 0.6) is 5.75 Å². The smallest absolute Gasteiger partial charge is 0.246 e. The van der Waals surface area contributed by atoms with E-state index in [-0.39, 0.29) is 36.4 Å². The third-order valence-corrected chi connectivity index (χ3v) is 5.36. The summed E-state index contributed by atoms with van der Waals surface area (Å²) in [6, 6.07) is 18.1. The van der Waals surface area contributed by atoms with Gasteiger partial charge in [0.15, 0.2) is 5.96 Å². The van der Waals surface area contributed by atoms with Crippen LogP contribution < -0.4 is 15.0 Å². The highest BCUT2D eigenvalue weighted by molar-refractivity contribution is 14.0. The van der Waals surface area contributed by atoms with Gasteiger partial charge in [-0.2, -0.15) is 5.10 Å². The second kappa shape index (κ2) is 11.7. The molecular weight excluding hydrogens is 531 g/mol. The summed E-state index contributed by atoms with van der Waals surface area (Å²) in [5.41, 5.74) is 3.08. The number of halogens is 1. The number of carbonyl (C=O) groups excluding carboxylic acids is 1. The van der Waals surface area contributed by atoms with E-state index in [1.54, 1.807) is 22.8 Å². The molecule has 1 fully saturated rings. The maximum Gasteiger partial charge on any atom is 0.246 e. The van der Waals surface area contributed by atoms with Gasteiger partial charge < -0.3 is 19.9 Å². The van der Waals surface area contributed by atoms with E-state index in [0.29, 0.717) is 32.2 Å². The van der Waals surface area contributed by atoms with E-state index in [9.17, 15) is 4.79 Å². The molecule has 0 bridgehead atoms. The maximum absolute atomic E-state index is 12.7. The molecule has 2 aromatic carbocycles. The van der Waals surface area contributed by atoms with Crippen LogP contribution >= 0.6 is 24.0 Å². The molecule has 0 spiro atoms. The number of benzene rings is 2. The molecule has 2 heterocycles. The number of aromatic nitrogens is 2. The van der Waals surface area contributed by atoms with Crippen LogP contribution in [-0.4, -0.2) is 53.2 Å².